The fourth-order valence-electron chi connectivity index (χ4n) is 3.40. The Bertz CT molecular complexity index is 937. The Morgan fingerprint density at radius 2 is 1.56 bits per heavy atom. The number of carbonyl (C=O) groups is 1. The highest BCUT2D eigenvalue weighted by Gasteiger charge is 2.25. The van der Waals surface area contributed by atoms with Crippen LogP contribution in [-0.2, 0) is 11.3 Å². The van der Waals surface area contributed by atoms with E-state index in [1.165, 1.54) is 12.7 Å². The highest BCUT2D eigenvalue weighted by Crippen LogP contribution is 2.23. The van der Waals surface area contributed by atoms with Gasteiger partial charge in [0.05, 0.1) is 18.1 Å². The summed E-state index contributed by atoms with van der Waals surface area (Å²) in [6.45, 7) is 4.34. The smallest absolute Gasteiger partial charge is 0.360 e. The average molecular weight is 362 g/mol. The number of carbonyl (C=O) groups excluding carboxylic acids is 1. The number of aromatic nitrogens is 2. The highest BCUT2D eigenvalue weighted by molar-refractivity contribution is 5.95. The molecular formula is C21H22N4O2. The van der Waals surface area contributed by atoms with Gasteiger partial charge in [0, 0.05) is 32.7 Å². The predicted molar refractivity (Wildman–Crippen MR) is 105 cm³/mol. The molecule has 0 bridgehead atoms. The zero-order valence-electron chi connectivity index (χ0n) is 15.3. The molecule has 0 atom stereocenters. The van der Waals surface area contributed by atoms with Crippen molar-refractivity contribution in [3.8, 4) is 0 Å². The largest absolute Gasteiger partial charge is 0.464 e. The van der Waals surface area contributed by atoms with Crippen LogP contribution in [0.1, 0.15) is 16.1 Å². The molecule has 0 unspecified atom stereocenters. The molecule has 6 heteroatoms. The predicted octanol–water partition coefficient (Wildman–Crippen LogP) is 2.74. The average Bonchev–Trinajstić information content (AvgIpc) is 2.73. The maximum Gasteiger partial charge on any atom is 0.360 e. The van der Waals surface area contributed by atoms with E-state index in [4.69, 9.17) is 9.72 Å². The van der Waals surface area contributed by atoms with E-state index in [1.807, 2.05) is 30.3 Å². The molecule has 2 heterocycles. The van der Waals surface area contributed by atoms with E-state index >= 15 is 0 Å². The van der Waals surface area contributed by atoms with Gasteiger partial charge in [-0.1, -0.05) is 42.5 Å². The summed E-state index contributed by atoms with van der Waals surface area (Å²) in [5.41, 5.74) is 3.08. The van der Waals surface area contributed by atoms with Crippen LogP contribution in [-0.4, -0.2) is 54.1 Å². The zero-order valence-corrected chi connectivity index (χ0v) is 15.3. The first-order valence-electron chi connectivity index (χ1n) is 9.11. The summed E-state index contributed by atoms with van der Waals surface area (Å²) in [6, 6.07) is 18.1. The summed E-state index contributed by atoms with van der Waals surface area (Å²) >= 11 is 0. The molecule has 1 aliphatic heterocycles. The lowest BCUT2D eigenvalue weighted by Crippen LogP contribution is -2.46. The maximum absolute atomic E-state index is 12.3. The number of benzene rings is 2. The third-order valence-electron chi connectivity index (χ3n) is 4.85. The van der Waals surface area contributed by atoms with Gasteiger partial charge in [0.25, 0.3) is 0 Å². The Labute approximate surface area is 158 Å². The number of methoxy groups -OCH3 is 1. The molecule has 2 aromatic carbocycles. The van der Waals surface area contributed by atoms with E-state index in [-0.39, 0.29) is 5.69 Å². The Morgan fingerprint density at radius 3 is 2.22 bits per heavy atom. The van der Waals surface area contributed by atoms with E-state index in [9.17, 15) is 4.79 Å². The molecule has 27 heavy (non-hydrogen) atoms. The van der Waals surface area contributed by atoms with Crippen molar-refractivity contribution < 1.29 is 9.53 Å². The Kier molecular flexibility index (Phi) is 4.98. The Balaban J connectivity index is 1.55. The van der Waals surface area contributed by atoms with Crippen LogP contribution in [0.3, 0.4) is 0 Å². The van der Waals surface area contributed by atoms with Gasteiger partial charge in [0.2, 0.25) is 0 Å². The number of hydrogen-bond acceptors (Lipinski definition) is 6. The van der Waals surface area contributed by atoms with Crippen molar-refractivity contribution in [3.63, 3.8) is 0 Å². The van der Waals surface area contributed by atoms with Crippen molar-refractivity contribution in [3.05, 3.63) is 65.9 Å². The lowest BCUT2D eigenvalue weighted by Gasteiger charge is -2.35. The van der Waals surface area contributed by atoms with Crippen molar-refractivity contribution in [1.29, 1.82) is 0 Å². The second kappa shape index (κ2) is 7.72. The fraction of sp³-hybridized carbons (Fsp3) is 0.286. The Morgan fingerprint density at radius 1 is 0.926 bits per heavy atom. The molecule has 0 amide bonds. The third-order valence-corrected chi connectivity index (χ3v) is 4.85. The molecular weight excluding hydrogens is 340 g/mol. The van der Waals surface area contributed by atoms with E-state index in [2.05, 4.69) is 39.0 Å². The van der Waals surface area contributed by atoms with E-state index < -0.39 is 5.97 Å². The summed E-state index contributed by atoms with van der Waals surface area (Å²) in [5, 5.41) is 0. The lowest BCUT2D eigenvalue weighted by molar-refractivity contribution is 0.0594. The van der Waals surface area contributed by atoms with Crippen LogP contribution in [0.2, 0.25) is 0 Å². The first kappa shape index (κ1) is 17.4. The second-order valence-corrected chi connectivity index (χ2v) is 6.62. The molecule has 0 saturated carbocycles. The normalized spacial score (nSPS) is 15.1. The monoisotopic (exact) mass is 362 g/mol. The highest BCUT2D eigenvalue weighted by atomic mass is 16.5. The molecule has 6 nitrogen and oxygen atoms in total. The van der Waals surface area contributed by atoms with Crippen LogP contribution >= 0.6 is 0 Å². The van der Waals surface area contributed by atoms with Gasteiger partial charge in [0.1, 0.15) is 0 Å². The minimum Gasteiger partial charge on any atom is -0.464 e. The first-order valence-corrected chi connectivity index (χ1v) is 9.11. The molecule has 3 aromatic rings. The van der Waals surface area contributed by atoms with Gasteiger partial charge in [-0.3, -0.25) is 4.90 Å². The van der Waals surface area contributed by atoms with Crippen molar-refractivity contribution in [2.45, 2.75) is 6.54 Å². The lowest BCUT2D eigenvalue weighted by atomic mass is 10.2. The number of anilines is 1. The third kappa shape index (κ3) is 3.75. The summed E-state index contributed by atoms with van der Waals surface area (Å²) < 4.78 is 4.94. The number of ether oxygens (including phenoxy) is 1. The van der Waals surface area contributed by atoms with Crippen LogP contribution < -0.4 is 4.90 Å². The number of esters is 1. The van der Waals surface area contributed by atoms with Crippen LogP contribution in [0.4, 0.5) is 5.82 Å². The van der Waals surface area contributed by atoms with Gasteiger partial charge in [-0.15, -0.1) is 0 Å². The van der Waals surface area contributed by atoms with Gasteiger partial charge in [-0.25, -0.2) is 14.8 Å². The number of para-hydroxylation sites is 2. The minimum absolute atomic E-state index is 0.285. The number of fused-ring (bicyclic) bond motifs is 1. The van der Waals surface area contributed by atoms with Crippen molar-refractivity contribution in [2.24, 2.45) is 0 Å². The number of nitrogens with zero attached hydrogens (tertiary/aromatic N) is 4. The van der Waals surface area contributed by atoms with E-state index in [1.54, 1.807) is 0 Å². The topological polar surface area (TPSA) is 58.6 Å². The first-order chi connectivity index (χ1) is 13.2. The Hall–Kier alpha value is -2.99. The summed E-state index contributed by atoms with van der Waals surface area (Å²) in [4.78, 5) is 26.0. The van der Waals surface area contributed by atoms with Gasteiger partial charge < -0.3 is 9.64 Å². The van der Waals surface area contributed by atoms with Crippen LogP contribution in [0.5, 0.6) is 0 Å². The number of piperazine rings is 1. The molecule has 4 rings (SSSR count). The summed E-state index contributed by atoms with van der Waals surface area (Å²) in [5.74, 6) is 0.162. The molecule has 1 aromatic heterocycles. The quantitative estimate of drug-likeness (QED) is 0.665. The minimum atomic E-state index is -0.449. The maximum atomic E-state index is 12.3. The second-order valence-electron chi connectivity index (χ2n) is 6.62. The summed E-state index contributed by atoms with van der Waals surface area (Å²) in [6.07, 6.45) is 0. The van der Waals surface area contributed by atoms with Gasteiger partial charge >= 0.3 is 5.97 Å². The van der Waals surface area contributed by atoms with Gasteiger partial charge in [-0.05, 0) is 17.7 Å². The molecule has 138 valence electrons. The van der Waals surface area contributed by atoms with Gasteiger partial charge in [0.15, 0.2) is 11.5 Å². The van der Waals surface area contributed by atoms with E-state index in [0.717, 1.165) is 38.2 Å². The van der Waals surface area contributed by atoms with Crippen molar-refractivity contribution >= 4 is 22.8 Å². The summed E-state index contributed by atoms with van der Waals surface area (Å²) in [7, 11) is 1.38. The van der Waals surface area contributed by atoms with Crippen LogP contribution in [0.25, 0.3) is 11.0 Å². The molecule has 0 N–H and O–H groups in total. The number of rotatable bonds is 4. The molecule has 0 spiro atoms. The fourth-order valence-corrected chi connectivity index (χ4v) is 3.40. The zero-order chi connectivity index (χ0) is 18.6. The molecule has 1 saturated heterocycles. The van der Waals surface area contributed by atoms with E-state index in [0.29, 0.717) is 11.3 Å². The SMILES string of the molecule is COC(=O)c1nc2ccccc2nc1N1CCN(Cc2ccccc2)CC1. The molecule has 1 aliphatic rings. The molecule has 0 aliphatic carbocycles. The molecule has 0 radical (unpaired) electrons. The standard InChI is InChI=1S/C21H22N4O2/c1-27-21(26)19-20(23-18-10-6-5-9-17(18)22-19)25-13-11-24(12-14-25)15-16-7-3-2-4-8-16/h2-10H,11-15H2,1H3. The van der Waals surface area contributed by atoms with Crippen LogP contribution in [0, 0.1) is 0 Å². The van der Waals surface area contributed by atoms with Crippen molar-refractivity contribution in [1.82, 2.24) is 14.9 Å². The van der Waals surface area contributed by atoms with Crippen LogP contribution in [0.15, 0.2) is 54.6 Å². The van der Waals surface area contributed by atoms with Gasteiger partial charge in [-0.2, -0.15) is 0 Å². The number of hydrogen-bond donors (Lipinski definition) is 0. The van der Waals surface area contributed by atoms with Crippen molar-refractivity contribution in [2.75, 3.05) is 38.2 Å². The molecule has 1 fully saturated rings.